The van der Waals surface area contributed by atoms with Gasteiger partial charge in [0, 0.05) is 58.9 Å². The van der Waals surface area contributed by atoms with Crippen LogP contribution >= 0.6 is 0 Å². The number of carbonyl (C=O) groups is 2. The van der Waals surface area contributed by atoms with E-state index in [1.807, 2.05) is 32.6 Å². The maximum atomic E-state index is 13.0. The van der Waals surface area contributed by atoms with Gasteiger partial charge in [-0.05, 0) is 40.5 Å². The fourth-order valence-corrected chi connectivity index (χ4v) is 4.64. The highest BCUT2D eigenvalue weighted by Gasteiger charge is 2.32. The number of β-amino-alcohol motifs (C(OH)–C–C–N with tert-alkyl or cyclic N) is 1. The first kappa shape index (κ1) is 24.7. The lowest BCUT2D eigenvalue weighted by atomic mass is 9.96. The molecule has 1 aromatic rings. The smallest absolute Gasteiger partial charge is 0.275 e. The van der Waals surface area contributed by atoms with Crippen LogP contribution in [0.1, 0.15) is 56.9 Å². The average molecular weight is 450 g/mol. The van der Waals surface area contributed by atoms with Gasteiger partial charge in [-0.25, -0.2) is 4.98 Å². The number of piperidine rings is 1. The topological polar surface area (TPSA) is 93.4 Å². The predicted octanol–water partition coefficient (Wildman–Crippen LogP) is 1.28. The Bertz CT molecular complexity index is 763. The molecule has 1 unspecified atom stereocenters. The molecule has 1 atom stereocenters. The van der Waals surface area contributed by atoms with Crippen molar-refractivity contribution in [3.05, 3.63) is 17.8 Å². The Labute approximate surface area is 191 Å². The van der Waals surface area contributed by atoms with Crippen molar-refractivity contribution in [2.75, 3.05) is 58.9 Å². The minimum absolute atomic E-state index is 0.136. The molecule has 1 N–H and O–H groups in total. The summed E-state index contributed by atoms with van der Waals surface area (Å²) in [7, 11) is 0. The molecule has 0 bridgehead atoms. The molecule has 2 aliphatic rings. The van der Waals surface area contributed by atoms with Gasteiger partial charge in [0.15, 0.2) is 5.69 Å². The zero-order valence-corrected chi connectivity index (χ0v) is 20.0. The third kappa shape index (κ3) is 6.52. The lowest BCUT2D eigenvalue weighted by Crippen LogP contribution is -2.50. The number of aliphatic hydroxyl groups is 1. The van der Waals surface area contributed by atoms with Gasteiger partial charge in [0.1, 0.15) is 6.26 Å². The van der Waals surface area contributed by atoms with E-state index in [0.29, 0.717) is 50.9 Å². The van der Waals surface area contributed by atoms with Gasteiger partial charge < -0.3 is 19.3 Å². The fourth-order valence-electron chi connectivity index (χ4n) is 4.64. The Kier molecular flexibility index (Phi) is 8.30. The molecule has 0 saturated carbocycles. The summed E-state index contributed by atoms with van der Waals surface area (Å²) in [6.07, 6.45) is 3.09. The number of hydrogen-bond acceptors (Lipinski definition) is 7. The van der Waals surface area contributed by atoms with Crippen LogP contribution < -0.4 is 0 Å². The van der Waals surface area contributed by atoms with Crippen LogP contribution in [-0.2, 0) is 11.3 Å². The van der Waals surface area contributed by atoms with Crippen LogP contribution in [0, 0.1) is 5.92 Å². The maximum Gasteiger partial charge on any atom is 0.275 e. The van der Waals surface area contributed by atoms with Crippen molar-refractivity contribution >= 4 is 11.8 Å². The van der Waals surface area contributed by atoms with Crippen LogP contribution in [0.25, 0.3) is 0 Å². The number of piperazine rings is 1. The molecule has 9 nitrogen and oxygen atoms in total. The van der Waals surface area contributed by atoms with Crippen molar-refractivity contribution in [1.29, 1.82) is 0 Å². The summed E-state index contributed by atoms with van der Waals surface area (Å²) < 4.78 is 5.61. The van der Waals surface area contributed by atoms with E-state index in [-0.39, 0.29) is 17.7 Å². The molecule has 0 spiro atoms. The molecule has 32 heavy (non-hydrogen) atoms. The van der Waals surface area contributed by atoms with E-state index in [0.717, 1.165) is 39.0 Å². The highest BCUT2D eigenvalue weighted by Crippen LogP contribution is 2.21. The summed E-state index contributed by atoms with van der Waals surface area (Å²) in [6, 6.07) is 0. The zero-order valence-electron chi connectivity index (χ0n) is 20.0. The van der Waals surface area contributed by atoms with E-state index >= 15 is 0 Å². The average Bonchev–Trinajstić information content (AvgIpc) is 3.23. The molecule has 3 rings (SSSR count). The van der Waals surface area contributed by atoms with Crippen LogP contribution in [-0.4, -0.2) is 106 Å². The molecule has 2 saturated heterocycles. The number of nitrogens with zero attached hydrogens (tertiary/aromatic N) is 5. The highest BCUT2D eigenvalue weighted by molar-refractivity contribution is 5.92. The minimum Gasteiger partial charge on any atom is -0.447 e. The molecule has 0 aromatic carbocycles. The monoisotopic (exact) mass is 449 g/mol. The molecule has 0 aliphatic carbocycles. The summed E-state index contributed by atoms with van der Waals surface area (Å²) in [5, 5.41) is 10.00. The maximum absolute atomic E-state index is 13.0. The number of carbonyl (C=O) groups excluding carboxylic acids is 2. The molecular formula is C23H39N5O4. The van der Waals surface area contributed by atoms with Gasteiger partial charge in [-0.1, -0.05) is 0 Å². The second kappa shape index (κ2) is 10.8. The third-order valence-corrected chi connectivity index (χ3v) is 6.34. The zero-order chi connectivity index (χ0) is 23.3. The number of aromatic nitrogens is 1. The molecule has 2 amide bonds. The Morgan fingerprint density at radius 2 is 1.81 bits per heavy atom. The van der Waals surface area contributed by atoms with E-state index in [1.54, 1.807) is 4.90 Å². The van der Waals surface area contributed by atoms with Gasteiger partial charge in [-0.15, -0.1) is 0 Å². The highest BCUT2D eigenvalue weighted by atomic mass is 16.3. The third-order valence-electron chi connectivity index (χ3n) is 6.34. The Morgan fingerprint density at radius 1 is 1.16 bits per heavy atom. The van der Waals surface area contributed by atoms with E-state index in [1.165, 1.54) is 6.26 Å². The number of likely N-dealkylation sites (tertiary alicyclic amines) is 1. The molecule has 9 heteroatoms. The summed E-state index contributed by atoms with van der Waals surface area (Å²) in [5.74, 6) is 0.375. The van der Waals surface area contributed by atoms with Gasteiger partial charge in [0.05, 0.1) is 18.1 Å². The Balaban J connectivity index is 1.52. The first-order valence-corrected chi connectivity index (χ1v) is 11.9. The molecule has 180 valence electrons. The van der Waals surface area contributed by atoms with Crippen molar-refractivity contribution in [3.63, 3.8) is 0 Å². The normalized spacial score (nSPS) is 21.0. The van der Waals surface area contributed by atoms with Crippen LogP contribution in [0.3, 0.4) is 0 Å². The summed E-state index contributed by atoms with van der Waals surface area (Å²) in [4.78, 5) is 38.3. The van der Waals surface area contributed by atoms with E-state index in [9.17, 15) is 14.7 Å². The van der Waals surface area contributed by atoms with Crippen molar-refractivity contribution < 1.29 is 19.1 Å². The Morgan fingerprint density at radius 3 is 2.44 bits per heavy atom. The number of amides is 2. The van der Waals surface area contributed by atoms with Crippen molar-refractivity contribution in [2.45, 2.75) is 52.7 Å². The van der Waals surface area contributed by atoms with E-state index < -0.39 is 5.60 Å². The number of oxazole rings is 1. The quantitative estimate of drug-likeness (QED) is 0.639. The number of rotatable bonds is 8. The number of hydrogen-bond donors (Lipinski definition) is 1. The summed E-state index contributed by atoms with van der Waals surface area (Å²) in [5.41, 5.74) is -0.375. The SMILES string of the molecule is CCN(CC)C(=O)C1CCCN(C(=O)c2coc(CN3CCN(CC(C)(C)O)CC3)n2)C1. The van der Waals surface area contributed by atoms with Crippen LogP contribution in [0.15, 0.2) is 10.7 Å². The Hall–Kier alpha value is -1.97. The van der Waals surface area contributed by atoms with Crippen LogP contribution in [0.2, 0.25) is 0 Å². The second-order valence-corrected chi connectivity index (χ2v) is 9.59. The fraction of sp³-hybridized carbons (Fsp3) is 0.783. The molecule has 1 aromatic heterocycles. The lowest BCUT2D eigenvalue weighted by Gasteiger charge is -2.36. The minimum atomic E-state index is -0.691. The standard InChI is InChI=1S/C23H39N5O4/c1-5-27(6-2)21(29)18-8-7-9-28(14-18)22(30)19-16-32-20(24-19)15-25-10-12-26(13-11-25)17-23(3,4)31/h16,18,31H,5-15,17H2,1-4H3. The second-order valence-electron chi connectivity index (χ2n) is 9.59. The molecule has 2 aliphatic heterocycles. The summed E-state index contributed by atoms with van der Waals surface area (Å²) in [6.45, 7) is 14.8. The van der Waals surface area contributed by atoms with E-state index in [2.05, 4.69) is 14.8 Å². The van der Waals surface area contributed by atoms with Crippen molar-refractivity contribution in [3.8, 4) is 0 Å². The summed E-state index contributed by atoms with van der Waals surface area (Å²) >= 11 is 0. The molecule has 3 heterocycles. The van der Waals surface area contributed by atoms with Gasteiger partial charge in [0.25, 0.3) is 5.91 Å². The van der Waals surface area contributed by atoms with Gasteiger partial charge in [-0.3, -0.25) is 19.4 Å². The van der Waals surface area contributed by atoms with E-state index in [4.69, 9.17) is 4.42 Å². The molecular weight excluding hydrogens is 410 g/mol. The first-order chi connectivity index (χ1) is 15.2. The van der Waals surface area contributed by atoms with Gasteiger partial charge >= 0.3 is 0 Å². The molecule has 0 radical (unpaired) electrons. The van der Waals surface area contributed by atoms with Crippen LogP contribution in [0.5, 0.6) is 0 Å². The first-order valence-electron chi connectivity index (χ1n) is 11.9. The van der Waals surface area contributed by atoms with Crippen LogP contribution in [0.4, 0.5) is 0 Å². The predicted molar refractivity (Wildman–Crippen MR) is 121 cm³/mol. The largest absolute Gasteiger partial charge is 0.447 e. The molecule has 2 fully saturated rings. The van der Waals surface area contributed by atoms with Crippen molar-refractivity contribution in [2.24, 2.45) is 5.92 Å². The van der Waals surface area contributed by atoms with Crippen molar-refractivity contribution in [1.82, 2.24) is 24.6 Å². The van der Waals surface area contributed by atoms with Gasteiger partial charge in [-0.2, -0.15) is 0 Å². The van der Waals surface area contributed by atoms with Gasteiger partial charge in [0.2, 0.25) is 11.8 Å². The lowest BCUT2D eigenvalue weighted by molar-refractivity contribution is -0.136.